The molecule has 1 aromatic carbocycles. The first-order chi connectivity index (χ1) is 8.24. The van der Waals surface area contributed by atoms with Gasteiger partial charge in [0.1, 0.15) is 12.4 Å². The molecule has 0 fully saturated rings. The molecular weight excluding hydrogens is 268 g/mol. The molecule has 0 aliphatic carbocycles. The lowest BCUT2D eigenvalue weighted by atomic mass is 9.80. The van der Waals surface area contributed by atoms with E-state index >= 15 is 0 Å². The molecule has 8 heteroatoms. The molecule has 3 nitrogen and oxygen atoms in total. The van der Waals surface area contributed by atoms with Crippen LogP contribution in [0.25, 0.3) is 0 Å². The number of rotatable bonds is 6. The molecule has 0 heterocycles. The van der Waals surface area contributed by atoms with E-state index in [1.807, 2.05) is 0 Å². The van der Waals surface area contributed by atoms with Gasteiger partial charge in [-0.1, -0.05) is 19.1 Å². The number of halogens is 3. The van der Waals surface area contributed by atoms with Gasteiger partial charge < -0.3 is 17.7 Å². The number of benzene rings is 1. The van der Waals surface area contributed by atoms with Crippen LogP contribution in [0.1, 0.15) is 6.92 Å². The van der Waals surface area contributed by atoms with Gasteiger partial charge >= 0.3 is 6.98 Å². The number of ether oxygens (including phenoxy) is 1. The maximum atomic E-state index is 12.4. The summed E-state index contributed by atoms with van der Waals surface area (Å²) in [5, 5.41) is 0. The molecule has 0 unspecified atom stereocenters. The molecule has 18 heavy (non-hydrogen) atoms. The number of hydrogen-bond donors (Lipinski definition) is 0. The lowest BCUT2D eigenvalue weighted by Crippen LogP contribution is -2.33. The normalized spacial score (nSPS) is 12.4. The van der Waals surface area contributed by atoms with Crippen molar-refractivity contribution in [2.24, 2.45) is 0 Å². The van der Waals surface area contributed by atoms with Crippen LogP contribution in [0.5, 0.6) is 5.75 Å². The fourth-order valence-corrected chi connectivity index (χ4v) is 1.86. The summed E-state index contributed by atoms with van der Waals surface area (Å²) < 4.78 is 64.7. The highest BCUT2D eigenvalue weighted by Gasteiger charge is 2.25. The second-order valence-corrected chi connectivity index (χ2v) is 6.20. The van der Waals surface area contributed by atoms with Gasteiger partial charge in [-0.3, -0.25) is 0 Å². The van der Waals surface area contributed by atoms with Crippen LogP contribution in [0, 0.1) is 0 Å². The van der Waals surface area contributed by atoms with Crippen LogP contribution in [0.3, 0.4) is 0 Å². The van der Waals surface area contributed by atoms with Gasteiger partial charge in [-0.15, -0.1) is 5.46 Å². The fraction of sp³-hybridized carbons (Fsp3) is 0.400. The van der Waals surface area contributed by atoms with Gasteiger partial charge in [0.2, 0.25) is 0 Å². The molecule has 0 aliphatic heterocycles. The maximum Gasteiger partial charge on any atom is 0.509 e. The zero-order chi connectivity index (χ0) is 13.8. The van der Waals surface area contributed by atoms with Crippen molar-refractivity contribution in [1.29, 1.82) is 0 Å². The van der Waals surface area contributed by atoms with Gasteiger partial charge in [0.25, 0.3) is 0 Å². The molecule has 0 amide bonds. The van der Waals surface area contributed by atoms with E-state index in [9.17, 15) is 21.4 Å². The van der Waals surface area contributed by atoms with Crippen molar-refractivity contribution in [2.75, 3.05) is 18.1 Å². The molecule has 1 rings (SSSR count). The van der Waals surface area contributed by atoms with Gasteiger partial charge in [0.05, 0.1) is 5.75 Å². The summed E-state index contributed by atoms with van der Waals surface area (Å²) >= 11 is 0. The Hall–Kier alpha value is -1.18. The average molecular weight is 281 g/mol. The summed E-state index contributed by atoms with van der Waals surface area (Å²) in [6.45, 7) is -3.72. The van der Waals surface area contributed by atoms with Crippen LogP contribution >= 0.6 is 0 Å². The largest absolute Gasteiger partial charge is 0.509 e. The summed E-state index contributed by atoms with van der Waals surface area (Å²) in [5.74, 6) is -0.189. The van der Waals surface area contributed by atoms with E-state index in [0.717, 1.165) is 12.1 Å². The van der Waals surface area contributed by atoms with Crippen LogP contribution in [-0.2, 0) is 9.84 Å². The monoisotopic (exact) mass is 281 g/mol. The van der Waals surface area contributed by atoms with Crippen LogP contribution in [0.2, 0.25) is 0 Å². The van der Waals surface area contributed by atoms with Crippen LogP contribution in [-0.4, -0.2) is 33.5 Å². The number of sulfone groups is 1. The van der Waals surface area contributed by atoms with Crippen LogP contribution in [0.4, 0.5) is 12.9 Å². The molecule has 0 aromatic heterocycles. The van der Waals surface area contributed by atoms with Crippen LogP contribution < -0.4 is 10.2 Å². The standard InChI is InChI=1S/C10H13BF3O3S/c1-2-18(15,16)7-6-17-10-5-3-4-9(8-10)11(12,13)14/h3-5,8H,2,6-7H2,1H3/q-1. The van der Waals surface area contributed by atoms with E-state index in [1.54, 1.807) is 0 Å². The first-order valence-electron chi connectivity index (χ1n) is 5.38. The molecule has 0 saturated heterocycles. The molecule has 0 saturated carbocycles. The minimum Gasteiger partial charge on any atom is -0.493 e. The van der Waals surface area contributed by atoms with Gasteiger partial charge in [-0.25, -0.2) is 8.42 Å². The Labute approximate surface area is 104 Å². The Balaban J connectivity index is 2.64. The van der Waals surface area contributed by atoms with Gasteiger partial charge in [0.15, 0.2) is 9.84 Å². The smallest absolute Gasteiger partial charge is 0.493 e. The van der Waals surface area contributed by atoms with Crippen molar-refractivity contribution in [3.63, 3.8) is 0 Å². The Kier molecular flexibility index (Phi) is 4.67. The van der Waals surface area contributed by atoms with Gasteiger partial charge in [-0.2, -0.15) is 0 Å². The van der Waals surface area contributed by atoms with Gasteiger partial charge in [-0.05, 0) is 12.1 Å². The summed E-state index contributed by atoms with van der Waals surface area (Å²) in [7, 11) is -3.17. The first-order valence-corrected chi connectivity index (χ1v) is 7.20. The van der Waals surface area contributed by atoms with Crippen molar-refractivity contribution in [1.82, 2.24) is 0 Å². The highest BCUT2D eigenvalue weighted by molar-refractivity contribution is 7.91. The highest BCUT2D eigenvalue weighted by Crippen LogP contribution is 2.14. The van der Waals surface area contributed by atoms with E-state index in [-0.39, 0.29) is 23.9 Å². The molecule has 0 spiro atoms. The first kappa shape index (κ1) is 14.9. The molecule has 0 bridgehead atoms. The molecular formula is C10H13BF3O3S-. The summed E-state index contributed by atoms with van der Waals surface area (Å²) in [5.41, 5.74) is -0.758. The zero-order valence-electron chi connectivity index (χ0n) is 9.77. The van der Waals surface area contributed by atoms with Gasteiger partial charge in [0, 0.05) is 5.75 Å². The third-order valence-corrected chi connectivity index (χ3v) is 4.01. The highest BCUT2D eigenvalue weighted by atomic mass is 32.2. The Morgan fingerprint density at radius 2 is 1.94 bits per heavy atom. The topological polar surface area (TPSA) is 43.4 Å². The molecule has 102 valence electrons. The predicted molar refractivity (Wildman–Crippen MR) is 65.0 cm³/mol. The van der Waals surface area contributed by atoms with Crippen molar-refractivity contribution in [3.8, 4) is 5.75 Å². The van der Waals surface area contributed by atoms with E-state index in [4.69, 9.17) is 4.74 Å². The minimum atomic E-state index is -5.07. The summed E-state index contributed by atoms with van der Waals surface area (Å²) in [6, 6.07) is 4.42. The Morgan fingerprint density at radius 1 is 1.28 bits per heavy atom. The lowest BCUT2D eigenvalue weighted by molar-refractivity contribution is 0.341. The van der Waals surface area contributed by atoms with E-state index in [0.29, 0.717) is 0 Å². The molecule has 0 aliphatic rings. The van der Waals surface area contributed by atoms with Crippen molar-refractivity contribution >= 4 is 22.3 Å². The summed E-state index contributed by atoms with van der Waals surface area (Å²) in [4.78, 5) is 0. The van der Waals surface area contributed by atoms with Crippen molar-refractivity contribution in [2.45, 2.75) is 6.92 Å². The molecule has 0 atom stereocenters. The SMILES string of the molecule is CCS(=O)(=O)CCOc1cccc([B-](F)(F)F)c1. The molecule has 0 N–H and O–H groups in total. The van der Waals surface area contributed by atoms with Crippen molar-refractivity contribution < 1.29 is 26.1 Å². The second kappa shape index (κ2) is 5.64. The Bertz CT molecular complexity index is 499. The third kappa shape index (κ3) is 4.60. The van der Waals surface area contributed by atoms with Crippen molar-refractivity contribution in [3.05, 3.63) is 24.3 Å². The van der Waals surface area contributed by atoms with E-state index < -0.39 is 22.3 Å². The zero-order valence-corrected chi connectivity index (χ0v) is 10.6. The summed E-state index contributed by atoms with van der Waals surface area (Å²) in [6.07, 6.45) is 0. The third-order valence-electron chi connectivity index (χ3n) is 2.34. The predicted octanol–water partition coefficient (Wildman–Crippen LogP) is 1.55. The second-order valence-electron chi connectivity index (χ2n) is 3.73. The fourth-order valence-electron chi connectivity index (χ4n) is 1.24. The molecule has 1 aromatic rings. The maximum absolute atomic E-state index is 12.4. The number of hydrogen-bond acceptors (Lipinski definition) is 3. The lowest BCUT2D eigenvalue weighted by Gasteiger charge is -2.16. The Morgan fingerprint density at radius 3 is 2.50 bits per heavy atom. The average Bonchev–Trinajstić information content (AvgIpc) is 2.28. The quantitative estimate of drug-likeness (QED) is 0.743. The minimum absolute atomic E-state index is 0.0118. The van der Waals surface area contributed by atoms with E-state index in [2.05, 4.69) is 0 Å². The van der Waals surface area contributed by atoms with Crippen LogP contribution in [0.15, 0.2) is 24.3 Å². The van der Waals surface area contributed by atoms with E-state index in [1.165, 1.54) is 19.1 Å². The molecule has 0 radical (unpaired) electrons.